The van der Waals surface area contributed by atoms with Crippen LogP contribution in [0.1, 0.15) is 5.69 Å². The predicted octanol–water partition coefficient (Wildman–Crippen LogP) is 1.34. The zero-order valence-electron chi connectivity index (χ0n) is 9.13. The highest BCUT2D eigenvalue weighted by Gasteiger charge is 2.07. The second-order valence-electron chi connectivity index (χ2n) is 3.98. The summed E-state index contributed by atoms with van der Waals surface area (Å²) in [4.78, 5) is 4.54. The number of benzene rings is 1. The van der Waals surface area contributed by atoms with Gasteiger partial charge in [-0.05, 0) is 31.0 Å². The molecule has 3 nitrogen and oxygen atoms in total. The number of aromatic nitrogens is 1. The fourth-order valence-electron chi connectivity index (χ4n) is 1.74. The number of pyridine rings is 1. The fourth-order valence-corrected chi connectivity index (χ4v) is 1.74. The molecule has 2 rings (SSSR count). The summed E-state index contributed by atoms with van der Waals surface area (Å²) in [6.07, 6.45) is 0.734. The molecule has 0 bridgehead atoms. The summed E-state index contributed by atoms with van der Waals surface area (Å²) in [7, 11) is 0. The molecular formula is C13H16N2O. The Bertz CT molecular complexity index is 466. The molecule has 1 aromatic carbocycles. The Hall–Kier alpha value is -1.45. The third-order valence-electron chi connectivity index (χ3n) is 2.75. The molecule has 0 fully saturated rings. The van der Waals surface area contributed by atoms with Crippen molar-refractivity contribution in [3.63, 3.8) is 0 Å². The molecule has 3 N–H and O–H groups in total. The van der Waals surface area contributed by atoms with E-state index in [0.29, 0.717) is 6.54 Å². The minimum atomic E-state index is 0.105. The average Bonchev–Trinajstić information content (AvgIpc) is 2.35. The van der Waals surface area contributed by atoms with Gasteiger partial charge in [0.15, 0.2) is 0 Å². The SMILES string of the molecule is NCC(CO)Cc1ccc2ccccc2n1. The first-order valence-corrected chi connectivity index (χ1v) is 5.49. The minimum Gasteiger partial charge on any atom is -0.396 e. The molecule has 84 valence electrons. The standard InChI is InChI=1S/C13H16N2O/c14-8-10(9-16)7-12-6-5-11-3-1-2-4-13(11)15-12/h1-6,10,16H,7-9,14H2. The number of aliphatic hydroxyl groups is 1. The Morgan fingerprint density at radius 2 is 2.00 bits per heavy atom. The Balaban J connectivity index is 2.25. The van der Waals surface area contributed by atoms with E-state index in [2.05, 4.69) is 11.1 Å². The summed E-state index contributed by atoms with van der Waals surface area (Å²) >= 11 is 0. The zero-order chi connectivity index (χ0) is 11.4. The van der Waals surface area contributed by atoms with Gasteiger partial charge in [-0.3, -0.25) is 4.98 Å². The van der Waals surface area contributed by atoms with Gasteiger partial charge in [-0.25, -0.2) is 0 Å². The summed E-state index contributed by atoms with van der Waals surface area (Å²) in [5.41, 5.74) is 7.54. The lowest BCUT2D eigenvalue weighted by molar-refractivity contribution is 0.229. The first-order chi connectivity index (χ1) is 7.83. The molecule has 0 saturated heterocycles. The van der Waals surface area contributed by atoms with Crippen LogP contribution < -0.4 is 5.73 Å². The van der Waals surface area contributed by atoms with E-state index in [0.717, 1.165) is 23.0 Å². The molecule has 0 spiro atoms. The lowest BCUT2D eigenvalue weighted by Gasteiger charge is -2.10. The Kier molecular flexibility index (Phi) is 3.49. The van der Waals surface area contributed by atoms with Crippen LogP contribution in [0, 0.1) is 5.92 Å². The van der Waals surface area contributed by atoms with Crippen LogP contribution in [0.15, 0.2) is 36.4 Å². The van der Waals surface area contributed by atoms with Crippen molar-refractivity contribution in [3.05, 3.63) is 42.1 Å². The summed E-state index contributed by atoms with van der Waals surface area (Å²) in [5.74, 6) is 0.105. The molecule has 0 saturated carbocycles. The smallest absolute Gasteiger partial charge is 0.0705 e. The number of para-hydroxylation sites is 1. The van der Waals surface area contributed by atoms with Gasteiger partial charge < -0.3 is 10.8 Å². The highest BCUT2D eigenvalue weighted by atomic mass is 16.3. The van der Waals surface area contributed by atoms with E-state index >= 15 is 0 Å². The molecule has 0 aliphatic carbocycles. The van der Waals surface area contributed by atoms with Gasteiger partial charge in [0.1, 0.15) is 0 Å². The van der Waals surface area contributed by atoms with Crippen LogP contribution in [-0.2, 0) is 6.42 Å². The van der Waals surface area contributed by atoms with E-state index in [9.17, 15) is 0 Å². The number of nitrogens with two attached hydrogens (primary N) is 1. The number of hydrogen-bond acceptors (Lipinski definition) is 3. The van der Waals surface area contributed by atoms with Crippen molar-refractivity contribution < 1.29 is 5.11 Å². The number of nitrogens with zero attached hydrogens (tertiary/aromatic N) is 1. The summed E-state index contributed by atoms with van der Waals surface area (Å²) < 4.78 is 0. The molecule has 0 amide bonds. The Labute approximate surface area is 94.9 Å². The maximum absolute atomic E-state index is 9.09. The molecule has 3 heteroatoms. The highest BCUT2D eigenvalue weighted by molar-refractivity contribution is 5.78. The van der Waals surface area contributed by atoms with Crippen molar-refractivity contribution in [2.45, 2.75) is 6.42 Å². The highest BCUT2D eigenvalue weighted by Crippen LogP contribution is 2.13. The predicted molar refractivity (Wildman–Crippen MR) is 65.1 cm³/mol. The average molecular weight is 216 g/mol. The molecule has 0 radical (unpaired) electrons. The zero-order valence-corrected chi connectivity index (χ0v) is 9.13. The van der Waals surface area contributed by atoms with Crippen LogP contribution in [0.3, 0.4) is 0 Å². The monoisotopic (exact) mass is 216 g/mol. The lowest BCUT2D eigenvalue weighted by atomic mass is 10.0. The van der Waals surface area contributed by atoms with E-state index in [1.165, 1.54) is 0 Å². The van der Waals surface area contributed by atoms with Crippen molar-refractivity contribution in [1.29, 1.82) is 0 Å². The van der Waals surface area contributed by atoms with Gasteiger partial charge in [-0.1, -0.05) is 24.3 Å². The molecule has 2 aromatic rings. The van der Waals surface area contributed by atoms with Gasteiger partial charge >= 0.3 is 0 Å². The van der Waals surface area contributed by atoms with Crippen molar-refractivity contribution in [2.24, 2.45) is 11.7 Å². The summed E-state index contributed by atoms with van der Waals surface area (Å²) in [6.45, 7) is 0.607. The summed E-state index contributed by atoms with van der Waals surface area (Å²) in [6, 6.07) is 12.1. The van der Waals surface area contributed by atoms with E-state index in [1.807, 2.05) is 30.3 Å². The lowest BCUT2D eigenvalue weighted by Crippen LogP contribution is -2.20. The van der Waals surface area contributed by atoms with E-state index in [4.69, 9.17) is 10.8 Å². The molecule has 1 unspecified atom stereocenters. The molecule has 0 aliphatic heterocycles. The minimum absolute atomic E-state index is 0.105. The molecule has 16 heavy (non-hydrogen) atoms. The third-order valence-corrected chi connectivity index (χ3v) is 2.75. The van der Waals surface area contributed by atoms with E-state index in [-0.39, 0.29) is 12.5 Å². The molecule has 1 atom stereocenters. The number of hydrogen-bond donors (Lipinski definition) is 2. The number of rotatable bonds is 4. The maximum Gasteiger partial charge on any atom is 0.0705 e. The Morgan fingerprint density at radius 1 is 1.19 bits per heavy atom. The Morgan fingerprint density at radius 3 is 2.75 bits per heavy atom. The molecule has 1 heterocycles. The summed E-state index contributed by atoms with van der Waals surface area (Å²) in [5, 5.41) is 10.2. The second kappa shape index (κ2) is 5.05. The van der Waals surface area contributed by atoms with Gasteiger partial charge in [-0.2, -0.15) is 0 Å². The van der Waals surface area contributed by atoms with Gasteiger partial charge in [0.2, 0.25) is 0 Å². The van der Waals surface area contributed by atoms with E-state index < -0.39 is 0 Å². The van der Waals surface area contributed by atoms with Crippen molar-refractivity contribution in [2.75, 3.05) is 13.2 Å². The van der Waals surface area contributed by atoms with Crippen molar-refractivity contribution in [1.82, 2.24) is 4.98 Å². The quantitative estimate of drug-likeness (QED) is 0.811. The van der Waals surface area contributed by atoms with Crippen LogP contribution in [-0.4, -0.2) is 23.2 Å². The largest absolute Gasteiger partial charge is 0.396 e. The van der Waals surface area contributed by atoms with Gasteiger partial charge in [0.25, 0.3) is 0 Å². The normalized spacial score (nSPS) is 12.9. The van der Waals surface area contributed by atoms with Crippen LogP contribution in [0.2, 0.25) is 0 Å². The van der Waals surface area contributed by atoms with Crippen LogP contribution in [0.5, 0.6) is 0 Å². The van der Waals surface area contributed by atoms with Gasteiger partial charge in [-0.15, -0.1) is 0 Å². The van der Waals surface area contributed by atoms with E-state index in [1.54, 1.807) is 0 Å². The van der Waals surface area contributed by atoms with Crippen LogP contribution in [0.25, 0.3) is 10.9 Å². The molecule has 1 aromatic heterocycles. The van der Waals surface area contributed by atoms with Gasteiger partial charge in [0, 0.05) is 17.7 Å². The van der Waals surface area contributed by atoms with Crippen LogP contribution in [0.4, 0.5) is 0 Å². The molecular weight excluding hydrogens is 200 g/mol. The number of aliphatic hydroxyl groups excluding tert-OH is 1. The topological polar surface area (TPSA) is 59.1 Å². The van der Waals surface area contributed by atoms with Crippen molar-refractivity contribution in [3.8, 4) is 0 Å². The molecule has 0 aliphatic rings. The third kappa shape index (κ3) is 2.38. The fraction of sp³-hybridized carbons (Fsp3) is 0.308. The number of fused-ring (bicyclic) bond motifs is 1. The van der Waals surface area contributed by atoms with Crippen molar-refractivity contribution >= 4 is 10.9 Å². The first-order valence-electron chi connectivity index (χ1n) is 5.49. The second-order valence-corrected chi connectivity index (χ2v) is 3.98. The van der Waals surface area contributed by atoms with Crippen LogP contribution >= 0.6 is 0 Å². The van der Waals surface area contributed by atoms with Gasteiger partial charge in [0.05, 0.1) is 5.52 Å². The first kappa shape index (κ1) is 11.0. The maximum atomic E-state index is 9.09.